The maximum absolute atomic E-state index is 14.0. The number of nitrogens with zero attached hydrogens (tertiary/aromatic N) is 3. The SMILES string of the molecule is CC(C)Cn1c(SCC(=O)Nc2cc(C(F)(F)F)ccc2Cl)nnc1C(C)Oc1ccccc1F. The molecule has 2 aromatic carbocycles. The van der Waals surface area contributed by atoms with Crippen LogP contribution in [0.25, 0.3) is 0 Å². The van der Waals surface area contributed by atoms with Crippen molar-refractivity contribution in [3.05, 3.63) is 64.7 Å². The lowest BCUT2D eigenvalue weighted by Gasteiger charge is -2.18. The minimum atomic E-state index is -4.57. The minimum Gasteiger partial charge on any atom is -0.480 e. The molecule has 1 atom stereocenters. The number of carbonyl (C=O) groups excluding carboxylic acids is 1. The molecule has 0 radical (unpaired) electrons. The lowest BCUT2D eigenvalue weighted by atomic mass is 10.2. The van der Waals surface area contributed by atoms with E-state index in [9.17, 15) is 22.4 Å². The molecule has 3 rings (SSSR count). The van der Waals surface area contributed by atoms with Crippen molar-refractivity contribution in [3.8, 4) is 5.75 Å². The fraction of sp³-hybridized carbons (Fsp3) is 0.348. The topological polar surface area (TPSA) is 69.0 Å². The van der Waals surface area contributed by atoms with Gasteiger partial charge in [-0.3, -0.25) is 4.79 Å². The zero-order valence-electron chi connectivity index (χ0n) is 19.1. The lowest BCUT2D eigenvalue weighted by molar-refractivity contribution is -0.137. The zero-order chi connectivity index (χ0) is 25.8. The van der Waals surface area contributed by atoms with Crippen molar-refractivity contribution in [1.29, 1.82) is 0 Å². The molecule has 188 valence electrons. The van der Waals surface area contributed by atoms with E-state index in [1.165, 1.54) is 12.1 Å². The molecule has 0 aliphatic carbocycles. The van der Waals surface area contributed by atoms with E-state index in [2.05, 4.69) is 15.5 Å². The van der Waals surface area contributed by atoms with Gasteiger partial charge in [-0.05, 0) is 43.2 Å². The molecule has 0 bridgehead atoms. The maximum atomic E-state index is 14.0. The number of aromatic nitrogens is 3. The number of nitrogens with one attached hydrogen (secondary N) is 1. The van der Waals surface area contributed by atoms with Crippen molar-refractivity contribution in [3.63, 3.8) is 0 Å². The second kappa shape index (κ2) is 11.3. The minimum absolute atomic E-state index is 0.0132. The van der Waals surface area contributed by atoms with Crippen LogP contribution in [0, 0.1) is 11.7 Å². The third kappa shape index (κ3) is 7.11. The average molecular weight is 531 g/mol. The molecule has 0 spiro atoms. The quantitative estimate of drug-likeness (QED) is 0.249. The molecule has 0 aliphatic heterocycles. The van der Waals surface area contributed by atoms with Crippen LogP contribution in [-0.2, 0) is 17.5 Å². The van der Waals surface area contributed by atoms with Crippen molar-refractivity contribution < 1.29 is 27.1 Å². The first-order valence-corrected chi connectivity index (χ1v) is 12.0. The molecule has 0 saturated heterocycles. The molecule has 0 aliphatic rings. The van der Waals surface area contributed by atoms with Gasteiger partial charge in [-0.2, -0.15) is 13.2 Å². The van der Waals surface area contributed by atoms with E-state index in [-0.39, 0.29) is 28.1 Å². The number of ether oxygens (including phenoxy) is 1. The summed E-state index contributed by atoms with van der Waals surface area (Å²) in [5.74, 6) is -0.494. The van der Waals surface area contributed by atoms with E-state index < -0.39 is 29.6 Å². The Labute approximate surface area is 209 Å². The van der Waals surface area contributed by atoms with E-state index in [0.29, 0.717) is 17.5 Å². The number of rotatable bonds is 9. The number of anilines is 1. The fourth-order valence-corrected chi connectivity index (χ4v) is 4.06. The Bertz CT molecular complexity index is 1190. The third-order valence-electron chi connectivity index (χ3n) is 4.70. The molecular weight excluding hydrogens is 508 g/mol. The van der Waals surface area contributed by atoms with Crippen LogP contribution in [0.15, 0.2) is 47.6 Å². The number of amides is 1. The highest BCUT2D eigenvalue weighted by Crippen LogP contribution is 2.34. The molecule has 6 nitrogen and oxygen atoms in total. The highest BCUT2D eigenvalue weighted by molar-refractivity contribution is 7.99. The van der Waals surface area contributed by atoms with Gasteiger partial charge in [0, 0.05) is 6.54 Å². The summed E-state index contributed by atoms with van der Waals surface area (Å²) >= 11 is 7.01. The number of thioether (sulfide) groups is 1. The molecule has 1 unspecified atom stereocenters. The summed E-state index contributed by atoms with van der Waals surface area (Å²) in [6.45, 7) is 6.20. The van der Waals surface area contributed by atoms with Gasteiger partial charge in [0.15, 0.2) is 28.7 Å². The normalized spacial score (nSPS) is 12.6. The van der Waals surface area contributed by atoms with Crippen molar-refractivity contribution in [1.82, 2.24) is 14.8 Å². The second-order valence-corrected chi connectivity index (χ2v) is 9.41. The number of benzene rings is 2. The van der Waals surface area contributed by atoms with E-state index in [4.69, 9.17) is 16.3 Å². The molecule has 1 amide bonds. The van der Waals surface area contributed by atoms with Gasteiger partial charge < -0.3 is 14.6 Å². The summed E-state index contributed by atoms with van der Waals surface area (Å²) < 4.78 is 60.4. The molecule has 35 heavy (non-hydrogen) atoms. The zero-order valence-corrected chi connectivity index (χ0v) is 20.6. The Morgan fingerprint density at radius 1 is 1.17 bits per heavy atom. The smallest absolute Gasteiger partial charge is 0.416 e. The van der Waals surface area contributed by atoms with Crippen molar-refractivity contribution in [2.24, 2.45) is 5.92 Å². The maximum Gasteiger partial charge on any atom is 0.416 e. The number of alkyl halides is 3. The number of halogens is 5. The standard InChI is InChI=1S/C23H23ClF4N4O2S/c1-13(2)11-32-21(14(3)34-19-7-5-4-6-17(19)25)30-31-22(32)35-12-20(33)29-18-10-15(23(26,27)28)8-9-16(18)24/h4-10,13-14H,11-12H2,1-3H3,(H,29,33). The first-order chi connectivity index (χ1) is 16.5. The van der Waals surface area contributed by atoms with Gasteiger partial charge in [-0.15, -0.1) is 10.2 Å². The van der Waals surface area contributed by atoms with Gasteiger partial charge in [0.25, 0.3) is 0 Å². The summed E-state index contributed by atoms with van der Waals surface area (Å²) in [6.07, 6.45) is -5.20. The average Bonchev–Trinajstić information content (AvgIpc) is 3.16. The molecule has 0 saturated carbocycles. The second-order valence-electron chi connectivity index (χ2n) is 8.06. The Kier molecular flexibility index (Phi) is 8.65. The summed E-state index contributed by atoms with van der Waals surface area (Å²) in [7, 11) is 0. The molecule has 0 fully saturated rings. The number of hydrogen-bond acceptors (Lipinski definition) is 5. The number of para-hydroxylation sites is 1. The van der Waals surface area contributed by atoms with Gasteiger partial charge in [0.1, 0.15) is 0 Å². The Morgan fingerprint density at radius 3 is 2.54 bits per heavy atom. The van der Waals surface area contributed by atoms with Crippen LogP contribution < -0.4 is 10.1 Å². The largest absolute Gasteiger partial charge is 0.480 e. The van der Waals surface area contributed by atoms with Crippen LogP contribution in [0.4, 0.5) is 23.2 Å². The van der Waals surface area contributed by atoms with Gasteiger partial charge in [0.2, 0.25) is 5.91 Å². The summed E-state index contributed by atoms with van der Waals surface area (Å²) in [5, 5.41) is 11.1. The molecule has 12 heteroatoms. The van der Waals surface area contributed by atoms with Crippen LogP contribution >= 0.6 is 23.4 Å². The molecule has 1 N–H and O–H groups in total. The van der Waals surface area contributed by atoms with E-state index >= 15 is 0 Å². The van der Waals surface area contributed by atoms with Crippen molar-refractivity contribution >= 4 is 35.0 Å². The predicted molar refractivity (Wildman–Crippen MR) is 126 cm³/mol. The fourth-order valence-electron chi connectivity index (χ4n) is 3.14. The van der Waals surface area contributed by atoms with Gasteiger partial charge >= 0.3 is 6.18 Å². The first kappa shape index (κ1) is 26.8. The van der Waals surface area contributed by atoms with E-state index in [0.717, 1.165) is 30.0 Å². The molecular formula is C23H23ClF4N4O2S. The molecule has 1 aromatic heterocycles. The monoisotopic (exact) mass is 530 g/mol. The lowest BCUT2D eigenvalue weighted by Crippen LogP contribution is -2.17. The van der Waals surface area contributed by atoms with Crippen LogP contribution in [-0.4, -0.2) is 26.4 Å². The predicted octanol–water partition coefficient (Wildman–Crippen LogP) is 6.62. The van der Waals surface area contributed by atoms with Gasteiger partial charge in [0.05, 0.1) is 22.0 Å². The Morgan fingerprint density at radius 2 is 1.89 bits per heavy atom. The highest BCUT2D eigenvalue weighted by Gasteiger charge is 2.31. The summed E-state index contributed by atoms with van der Waals surface area (Å²) in [6, 6.07) is 8.71. The van der Waals surface area contributed by atoms with E-state index in [1.807, 2.05) is 13.8 Å². The Hall–Kier alpha value is -2.79. The van der Waals surface area contributed by atoms with Crippen molar-refractivity contribution in [2.45, 2.75) is 44.8 Å². The van der Waals surface area contributed by atoms with Gasteiger partial charge in [-0.1, -0.05) is 49.3 Å². The van der Waals surface area contributed by atoms with Gasteiger partial charge in [-0.25, -0.2) is 4.39 Å². The van der Waals surface area contributed by atoms with E-state index in [1.54, 1.807) is 23.6 Å². The number of carbonyl (C=O) groups is 1. The molecule has 1 heterocycles. The van der Waals surface area contributed by atoms with Crippen LogP contribution in [0.3, 0.4) is 0 Å². The highest BCUT2D eigenvalue weighted by atomic mass is 35.5. The summed E-state index contributed by atoms with van der Waals surface area (Å²) in [4.78, 5) is 12.5. The first-order valence-electron chi connectivity index (χ1n) is 10.6. The van der Waals surface area contributed by atoms with Crippen LogP contribution in [0.1, 0.15) is 38.3 Å². The van der Waals surface area contributed by atoms with Crippen LogP contribution in [0.2, 0.25) is 5.02 Å². The van der Waals surface area contributed by atoms with Crippen LogP contribution in [0.5, 0.6) is 5.75 Å². The molecule has 3 aromatic rings. The Balaban J connectivity index is 1.73. The third-order valence-corrected chi connectivity index (χ3v) is 5.99. The van der Waals surface area contributed by atoms with Crippen molar-refractivity contribution in [2.75, 3.05) is 11.1 Å². The summed E-state index contributed by atoms with van der Waals surface area (Å²) in [5.41, 5.74) is -1.06. The number of hydrogen-bond donors (Lipinski definition) is 1.